The van der Waals surface area contributed by atoms with Crippen molar-refractivity contribution in [1.29, 1.82) is 0 Å². The summed E-state index contributed by atoms with van der Waals surface area (Å²) < 4.78 is 24.2. The van der Waals surface area contributed by atoms with Crippen LogP contribution in [0.1, 0.15) is 35.4 Å². The maximum atomic E-state index is 12.1. The van der Waals surface area contributed by atoms with E-state index >= 15 is 0 Å². The maximum Gasteiger partial charge on any atom is 0.263 e. The molecule has 0 radical (unpaired) electrons. The fourth-order valence-electron chi connectivity index (χ4n) is 2.54. The second-order valence-corrected chi connectivity index (χ2v) is 8.18. The highest BCUT2D eigenvalue weighted by Gasteiger charge is 2.29. The first-order valence-electron chi connectivity index (χ1n) is 6.95. The molecule has 0 aromatic carbocycles. The Hall–Kier alpha value is -1.28. The Morgan fingerprint density at radius 2 is 1.81 bits per heavy atom. The molecule has 1 aromatic rings. The number of hydrogen-bond acceptors (Lipinski definition) is 6. The Morgan fingerprint density at radius 3 is 2.29 bits per heavy atom. The quantitative estimate of drug-likeness (QED) is 0.875. The third-order valence-electron chi connectivity index (χ3n) is 3.58. The molecule has 6 nitrogen and oxygen atoms in total. The lowest BCUT2D eigenvalue weighted by Gasteiger charge is -2.21. The smallest absolute Gasteiger partial charge is 0.263 e. The second-order valence-electron chi connectivity index (χ2n) is 5.23. The Bertz CT molecular complexity index is 629. The van der Waals surface area contributed by atoms with Gasteiger partial charge in [-0.1, -0.05) is 12.8 Å². The lowest BCUT2D eigenvalue weighted by molar-refractivity contribution is 0.0968. The molecular formula is C13H21N3O3S2. The molecule has 118 valence electrons. The summed E-state index contributed by atoms with van der Waals surface area (Å²) in [5.74, 6) is -0.344. The molecule has 0 unspecified atom stereocenters. The Kier molecular flexibility index (Phi) is 4.77. The van der Waals surface area contributed by atoms with E-state index in [4.69, 9.17) is 5.73 Å². The zero-order valence-electron chi connectivity index (χ0n) is 12.3. The molecule has 2 heterocycles. The van der Waals surface area contributed by atoms with Gasteiger partial charge in [0.15, 0.2) is 9.84 Å². The minimum Gasteiger partial charge on any atom is -0.396 e. The SMILES string of the molecule is CNC(=O)c1sc(N2CCCCCC2)c(S(C)(=O)=O)c1N. The molecule has 0 saturated carbocycles. The molecule has 0 aliphatic carbocycles. The number of carbonyl (C=O) groups excluding carboxylic acids is 1. The lowest BCUT2D eigenvalue weighted by atomic mass is 10.2. The summed E-state index contributed by atoms with van der Waals surface area (Å²) in [6.45, 7) is 1.60. The van der Waals surface area contributed by atoms with E-state index in [0.717, 1.165) is 45.0 Å². The van der Waals surface area contributed by atoms with Gasteiger partial charge in [-0.05, 0) is 12.8 Å². The number of hydrogen-bond donors (Lipinski definition) is 2. The van der Waals surface area contributed by atoms with Crippen molar-refractivity contribution >= 4 is 37.8 Å². The molecule has 1 fully saturated rings. The van der Waals surface area contributed by atoms with Crippen LogP contribution in [0.2, 0.25) is 0 Å². The lowest BCUT2D eigenvalue weighted by Crippen LogP contribution is -2.24. The van der Waals surface area contributed by atoms with Gasteiger partial charge in [-0.25, -0.2) is 8.42 Å². The standard InChI is InChI=1S/C13H21N3O3S2/c1-15-12(17)10-9(14)11(21(2,18)19)13(20-10)16-7-5-3-4-6-8-16/h3-8,14H2,1-2H3,(H,15,17). The molecule has 1 saturated heterocycles. The van der Waals surface area contributed by atoms with E-state index in [-0.39, 0.29) is 21.4 Å². The summed E-state index contributed by atoms with van der Waals surface area (Å²) in [6.07, 6.45) is 5.48. The first-order valence-corrected chi connectivity index (χ1v) is 9.66. The van der Waals surface area contributed by atoms with Crippen LogP contribution in [-0.4, -0.2) is 40.7 Å². The van der Waals surface area contributed by atoms with Crippen LogP contribution in [0.3, 0.4) is 0 Å². The zero-order chi connectivity index (χ0) is 15.6. The van der Waals surface area contributed by atoms with Crippen molar-refractivity contribution in [1.82, 2.24) is 5.32 Å². The van der Waals surface area contributed by atoms with Crippen LogP contribution in [0.5, 0.6) is 0 Å². The third-order valence-corrected chi connectivity index (χ3v) is 6.13. The van der Waals surface area contributed by atoms with Crippen molar-refractivity contribution < 1.29 is 13.2 Å². The Balaban J connectivity index is 2.55. The van der Waals surface area contributed by atoms with Gasteiger partial charge in [0.05, 0.1) is 5.69 Å². The first kappa shape index (κ1) is 16.1. The number of nitrogen functional groups attached to an aromatic ring is 1. The van der Waals surface area contributed by atoms with Gasteiger partial charge in [0, 0.05) is 26.4 Å². The molecule has 0 bridgehead atoms. The van der Waals surface area contributed by atoms with Crippen LogP contribution in [-0.2, 0) is 9.84 Å². The summed E-state index contributed by atoms with van der Waals surface area (Å²) in [6, 6.07) is 0. The summed E-state index contributed by atoms with van der Waals surface area (Å²) in [4.78, 5) is 14.3. The van der Waals surface area contributed by atoms with Crippen molar-refractivity contribution in [2.45, 2.75) is 30.6 Å². The number of nitrogens with one attached hydrogen (secondary N) is 1. The van der Waals surface area contributed by atoms with Crippen molar-refractivity contribution in [3.63, 3.8) is 0 Å². The Labute approximate surface area is 129 Å². The Morgan fingerprint density at radius 1 is 1.24 bits per heavy atom. The van der Waals surface area contributed by atoms with E-state index < -0.39 is 9.84 Å². The number of nitrogens with two attached hydrogens (primary N) is 1. The molecule has 1 aliphatic rings. The van der Waals surface area contributed by atoms with Crippen molar-refractivity contribution in [3.05, 3.63) is 4.88 Å². The van der Waals surface area contributed by atoms with Crippen LogP contribution in [0.15, 0.2) is 4.90 Å². The predicted octanol–water partition coefficient (Wildman–Crippen LogP) is 1.47. The summed E-state index contributed by atoms with van der Waals surface area (Å²) in [5.41, 5.74) is 6.03. The molecule has 2 rings (SSSR count). The number of thiophene rings is 1. The summed E-state index contributed by atoms with van der Waals surface area (Å²) >= 11 is 1.17. The fourth-order valence-corrected chi connectivity index (χ4v) is 5.24. The van der Waals surface area contributed by atoms with E-state index in [9.17, 15) is 13.2 Å². The molecular weight excluding hydrogens is 310 g/mol. The number of anilines is 2. The molecule has 8 heteroatoms. The van der Waals surface area contributed by atoms with Crippen molar-refractivity contribution in [2.75, 3.05) is 37.0 Å². The normalized spacial score (nSPS) is 16.6. The van der Waals surface area contributed by atoms with Gasteiger partial charge in [0.1, 0.15) is 14.8 Å². The highest BCUT2D eigenvalue weighted by atomic mass is 32.2. The summed E-state index contributed by atoms with van der Waals surface area (Å²) in [5, 5.41) is 3.11. The number of rotatable bonds is 3. The minimum atomic E-state index is -3.48. The average molecular weight is 331 g/mol. The molecule has 1 aliphatic heterocycles. The monoisotopic (exact) mass is 331 g/mol. The van der Waals surface area contributed by atoms with Crippen molar-refractivity contribution in [3.8, 4) is 0 Å². The fraction of sp³-hybridized carbons (Fsp3) is 0.615. The second kappa shape index (κ2) is 6.23. The van der Waals surface area contributed by atoms with Crippen molar-refractivity contribution in [2.24, 2.45) is 0 Å². The van der Waals surface area contributed by atoms with Crippen LogP contribution >= 0.6 is 11.3 Å². The van der Waals surface area contributed by atoms with Gasteiger partial charge in [-0.15, -0.1) is 11.3 Å². The largest absolute Gasteiger partial charge is 0.396 e. The average Bonchev–Trinajstić information content (AvgIpc) is 2.62. The van der Waals surface area contributed by atoms with E-state index in [2.05, 4.69) is 10.2 Å². The summed E-state index contributed by atoms with van der Waals surface area (Å²) in [7, 11) is -1.98. The molecule has 0 spiro atoms. The number of nitrogens with zero attached hydrogens (tertiary/aromatic N) is 1. The number of amides is 1. The van der Waals surface area contributed by atoms with Gasteiger partial charge in [0.25, 0.3) is 5.91 Å². The van der Waals surface area contributed by atoms with Gasteiger partial charge in [-0.2, -0.15) is 0 Å². The highest BCUT2D eigenvalue weighted by molar-refractivity contribution is 7.91. The van der Waals surface area contributed by atoms with E-state index in [1.165, 1.54) is 18.4 Å². The molecule has 21 heavy (non-hydrogen) atoms. The van der Waals surface area contributed by atoms with Gasteiger partial charge < -0.3 is 16.0 Å². The predicted molar refractivity (Wildman–Crippen MR) is 85.9 cm³/mol. The van der Waals surface area contributed by atoms with Crippen LogP contribution in [0, 0.1) is 0 Å². The number of carbonyl (C=O) groups is 1. The van der Waals surface area contributed by atoms with Gasteiger partial charge >= 0.3 is 0 Å². The molecule has 3 N–H and O–H groups in total. The van der Waals surface area contributed by atoms with Crippen LogP contribution in [0.4, 0.5) is 10.7 Å². The van der Waals surface area contributed by atoms with E-state index in [1.807, 2.05) is 0 Å². The van der Waals surface area contributed by atoms with Gasteiger partial charge in [-0.3, -0.25) is 4.79 Å². The van der Waals surface area contributed by atoms with E-state index in [0.29, 0.717) is 5.00 Å². The van der Waals surface area contributed by atoms with E-state index in [1.54, 1.807) is 0 Å². The van der Waals surface area contributed by atoms with Crippen LogP contribution < -0.4 is 16.0 Å². The third kappa shape index (κ3) is 3.32. The minimum absolute atomic E-state index is 0.0705. The number of sulfone groups is 1. The molecule has 1 aromatic heterocycles. The molecule has 1 amide bonds. The molecule has 0 atom stereocenters. The van der Waals surface area contributed by atoms with Crippen LogP contribution in [0.25, 0.3) is 0 Å². The first-order chi connectivity index (χ1) is 9.86. The zero-order valence-corrected chi connectivity index (χ0v) is 13.9. The topological polar surface area (TPSA) is 92.5 Å². The maximum absolute atomic E-state index is 12.1. The highest BCUT2D eigenvalue weighted by Crippen LogP contribution is 2.42. The van der Waals surface area contributed by atoms with Gasteiger partial charge in [0.2, 0.25) is 0 Å².